The number of aromatic nitrogens is 4. The zero-order valence-corrected chi connectivity index (χ0v) is 9.80. The molecule has 2 heterocycles. The van der Waals surface area contributed by atoms with Crippen LogP contribution in [0.1, 0.15) is 22.6 Å². The van der Waals surface area contributed by atoms with Crippen LogP contribution in [0.4, 0.5) is 11.4 Å². The zero-order valence-electron chi connectivity index (χ0n) is 9.80. The number of aromatic amines is 1. The van der Waals surface area contributed by atoms with E-state index in [2.05, 4.69) is 31.3 Å². The van der Waals surface area contributed by atoms with E-state index in [-0.39, 0.29) is 11.7 Å². The van der Waals surface area contributed by atoms with Gasteiger partial charge in [0.2, 0.25) is 5.91 Å². The highest BCUT2D eigenvalue weighted by molar-refractivity contribution is 6.02. The predicted octanol–water partition coefficient (Wildman–Crippen LogP) is 0.337. The summed E-state index contributed by atoms with van der Waals surface area (Å²) in [7, 11) is 0. The van der Waals surface area contributed by atoms with Crippen molar-refractivity contribution >= 4 is 23.2 Å². The Kier molecular flexibility index (Phi) is 2.67. The highest BCUT2D eigenvalue weighted by Gasteiger charge is 2.16. The maximum absolute atomic E-state index is 11.7. The molecule has 19 heavy (non-hydrogen) atoms. The maximum atomic E-state index is 11.7. The van der Waals surface area contributed by atoms with Crippen molar-refractivity contribution in [3.8, 4) is 0 Å². The van der Waals surface area contributed by atoms with Gasteiger partial charge in [-0.15, -0.1) is 10.2 Å². The Morgan fingerprint density at radius 2 is 2.21 bits per heavy atom. The molecule has 1 aromatic heterocycles. The number of hydrogen-bond donors (Lipinski definition) is 3. The molecule has 96 valence electrons. The molecule has 0 atom stereocenters. The SMILES string of the molecule is O=C1CCc2cc(NC(=O)c3nn[nH]n3)ccc2N1. The third kappa shape index (κ3) is 2.28. The Morgan fingerprint density at radius 3 is 3.00 bits per heavy atom. The van der Waals surface area contributed by atoms with Crippen LogP contribution in [-0.4, -0.2) is 32.4 Å². The van der Waals surface area contributed by atoms with Crippen molar-refractivity contribution < 1.29 is 9.59 Å². The number of hydrogen-bond acceptors (Lipinski definition) is 5. The van der Waals surface area contributed by atoms with Gasteiger partial charge >= 0.3 is 0 Å². The van der Waals surface area contributed by atoms with Gasteiger partial charge in [-0.25, -0.2) is 0 Å². The predicted molar refractivity (Wildman–Crippen MR) is 65.5 cm³/mol. The lowest BCUT2D eigenvalue weighted by molar-refractivity contribution is -0.116. The van der Waals surface area contributed by atoms with Crippen LogP contribution < -0.4 is 10.6 Å². The van der Waals surface area contributed by atoms with Crippen molar-refractivity contribution in [1.82, 2.24) is 20.6 Å². The maximum Gasteiger partial charge on any atom is 0.297 e. The van der Waals surface area contributed by atoms with Crippen LogP contribution in [0.3, 0.4) is 0 Å². The minimum Gasteiger partial charge on any atom is -0.326 e. The number of aryl methyl sites for hydroxylation is 1. The lowest BCUT2D eigenvalue weighted by Crippen LogP contribution is -2.19. The van der Waals surface area contributed by atoms with Crippen molar-refractivity contribution in [2.24, 2.45) is 0 Å². The number of tetrazole rings is 1. The molecule has 8 nitrogen and oxygen atoms in total. The summed E-state index contributed by atoms with van der Waals surface area (Å²) in [6, 6.07) is 5.30. The van der Waals surface area contributed by atoms with Crippen LogP contribution >= 0.6 is 0 Å². The Bertz CT molecular complexity index is 637. The van der Waals surface area contributed by atoms with Crippen LogP contribution in [0.15, 0.2) is 18.2 Å². The normalized spacial score (nSPS) is 13.6. The molecule has 1 aliphatic heterocycles. The molecule has 0 unspecified atom stereocenters. The van der Waals surface area contributed by atoms with E-state index in [4.69, 9.17) is 0 Å². The summed E-state index contributed by atoms with van der Waals surface area (Å²) >= 11 is 0. The van der Waals surface area contributed by atoms with Crippen molar-refractivity contribution in [2.45, 2.75) is 12.8 Å². The van der Waals surface area contributed by atoms with Crippen LogP contribution in [0.5, 0.6) is 0 Å². The van der Waals surface area contributed by atoms with E-state index in [1.807, 2.05) is 6.07 Å². The number of benzene rings is 1. The third-order valence-corrected chi connectivity index (χ3v) is 2.81. The fourth-order valence-corrected chi connectivity index (χ4v) is 1.91. The van der Waals surface area contributed by atoms with Gasteiger partial charge in [0, 0.05) is 17.8 Å². The first-order valence-corrected chi connectivity index (χ1v) is 5.70. The number of amides is 2. The van der Waals surface area contributed by atoms with Gasteiger partial charge in [0.15, 0.2) is 0 Å². The van der Waals surface area contributed by atoms with Gasteiger partial charge in [-0.3, -0.25) is 9.59 Å². The highest BCUT2D eigenvalue weighted by Crippen LogP contribution is 2.25. The molecular formula is C11H10N6O2. The second-order valence-electron chi connectivity index (χ2n) is 4.11. The van der Waals surface area contributed by atoms with E-state index < -0.39 is 5.91 Å². The van der Waals surface area contributed by atoms with Gasteiger partial charge in [-0.05, 0) is 35.4 Å². The third-order valence-electron chi connectivity index (χ3n) is 2.81. The summed E-state index contributed by atoms with van der Waals surface area (Å²) in [6.45, 7) is 0. The first-order valence-electron chi connectivity index (χ1n) is 5.70. The molecule has 8 heteroatoms. The molecule has 1 aromatic carbocycles. The second kappa shape index (κ2) is 4.48. The smallest absolute Gasteiger partial charge is 0.297 e. The molecule has 1 aliphatic rings. The average Bonchev–Trinajstić information content (AvgIpc) is 2.93. The summed E-state index contributed by atoms with van der Waals surface area (Å²) in [4.78, 5) is 23.0. The topological polar surface area (TPSA) is 113 Å². The average molecular weight is 258 g/mol. The Morgan fingerprint density at radius 1 is 1.32 bits per heavy atom. The van der Waals surface area contributed by atoms with Crippen LogP contribution in [0, 0.1) is 0 Å². The molecule has 2 amide bonds. The van der Waals surface area contributed by atoms with Gasteiger partial charge in [-0.1, -0.05) is 0 Å². The molecule has 3 N–H and O–H groups in total. The Balaban J connectivity index is 1.79. The zero-order chi connectivity index (χ0) is 13.2. The van der Waals surface area contributed by atoms with Crippen molar-refractivity contribution in [3.05, 3.63) is 29.6 Å². The lowest BCUT2D eigenvalue weighted by atomic mass is 10.0. The summed E-state index contributed by atoms with van der Waals surface area (Å²) in [5, 5.41) is 18.2. The molecule has 0 saturated heterocycles. The molecule has 0 fully saturated rings. The molecule has 0 bridgehead atoms. The van der Waals surface area contributed by atoms with E-state index in [9.17, 15) is 9.59 Å². The number of anilines is 2. The standard InChI is InChI=1S/C11H10N6O2/c18-9-4-1-6-5-7(2-3-8(6)13-9)12-11(19)10-14-16-17-15-10/h2-3,5H,1,4H2,(H,12,19)(H,13,18)(H,14,15,16,17). The monoisotopic (exact) mass is 258 g/mol. The van der Waals surface area contributed by atoms with Gasteiger partial charge in [0.25, 0.3) is 11.7 Å². The Labute approximate surface area is 107 Å². The summed E-state index contributed by atoms with van der Waals surface area (Å²) in [5.41, 5.74) is 2.41. The minimum absolute atomic E-state index is 0.0103. The van der Waals surface area contributed by atoms with E-state index in [0.29, 0.717) is 18.5 Å². The minimum atomic E-state index is -0.437. The molecule has 0 spiro atoms. The quantitative estimate of drug-likeness (QED) is 0.718. The summed E-state index contributed by atoms with van der Waals surface area (Å²) in [5.74, 6) is -0.448. The van der Waals surface area contributed by atoms with Crippen molar-refractivity contribution in [2.75, 3.05) is 10.6 Å². The molecular weight excluding hydrogens is 248 g/mol. The number of H-pyrrole nitrogens is 1. The van der Waals surface area contributed by atoms with Crippen LogP contribution in [0.25, 0.3) is 0 Å². The van der Waals surface area contributed by atoms with Gasteiger partial charge in [-0.2, -0.15) is 5.21 Å². The van der Waals surface area contributed by atoms with Gasteiger partial charge < -0.3 is 10.6 Å². The number of fused-ring (bicyclic) bond motifs is 1. The van der Waals surface area contributed by atoms with E-state index in [1.54, 1.807) is 12.1 Å². The van der Waals surface area contributed by atoms with E-state index in [0.717, 1.165) is 11.3 Å². The van der Waals surface area contributed by atoms with E-state index >= 15 is 0 Å². The lowest BCUT2D eigenvalue weighted by Gasteiger charge is -2.17. The fourth-order valence-electron chi connectivity index (χ4n) is 1.91. The van der Waals surface area contributed by atoms with Crippen LogP contribution in [0.2, 0.25) is 0 Å². The molecule has 0 aliphatic carbocycles. The number of rotatable bonds is 2. The van der Waals surface area contributed by atoms with Crippen molar-refractivity contribution in [1.29, 1.82) is 0 Å². The first kappa shape index (κ1) is 11.3. The fraction of sp³-hybridized carbons (Fsp3) is 0.182. The number of nitrogens with one attached hydrogen (secondary N) is 3. The number of nitrogens with zero attached hydrogens (tertiary/aromatic N) is 3. The highest BCUT2D eigenvalue weighted by atomic mass is 16.2. The summed E-state index contributed by atoms with van der Waals surface area (Å²) < 4.78 is 0. The molecule has 2 aromatic rings. The molecule has 0 radical (unpaired) electrons. The van der Waals surface area contributed by atoms with Crippen molar-refractivity contribution in [3.63, 3.8) is 0 Å². The van der Waals surface area contributed by atoms with Crippen LogP contribution in [-0.2, 0) is 11.2 Å². The number of carbonyl (C=O) groups excluding carboxylic acids is 2. The summed E-state index contributed by atoms with van der Waals surface area (Å²) in [6.07, 6.45) is 1.11. The largest absolute Gasteiger partial charge is 0.326 e. The van der Waals surface area contributed by atoms with E-state index in [1.165, 1.54) is 0 Å². The Hall–Kier alpha value is -2.77. The van der Waals surface area contributed by atoms with Gasteiger partial charge in [0.1, 0.15) is 0 Å². The molecule has 3 rings (SSSR count). The number of carbonyl (C=O) groups is 2. The second-order valence-corrected chi connectivity index (χ2v) is 4.11. The first-order chi connectivity index (χ1) is 9.22. The molecule has 0 saturated carbocycles. The van der Waals surface area contributed by atoms with Gasteiger partial charge in [0.05, 0.1) is 0 Å².